The maximum Gasteiger partial charge on any atom is 0.0333 e. The number of hydrogen-bond acceptors (Lipinski definition) is 2. The molecule has 2 unspecified atom stereocenters. The molecule has 1 aromatic carbocycles. The quantitative estimate of drug-likeness (QED) is 0.773. The summed E-state index contributed by atoms with van der Waals surface area (Å²) in [5, 5.41) is 3.46. The molecule has 3 N–H and O–H groups in total. The van der Waals surface area contributed by atoms with Crippen molar-refractivity contribution in [2.45, 2.75) is 26.8 Å². The maximum atomic E-state index is 6.22. The third-order valence-corrected chi connectivity index (χ3v) is 2.82. The topological polar surface area (TPSA) is 38.0 Å². The fraction of sp³-hybridized carbons (Fsp3) is 0.571. The number of hydrogen-bond donors (Lipinski definition) is 2. The molecule has 1 rings (SSSR count). The predicted octanol–water partition coefficient (Wildman–Crippen LogP) is 2.57. The minimum absolute atomic E-state index is 0.126. The second-order valence-electron chi connectivity index (χ2n) is 4.97. The van der Waals surface area contributed by atoms with E-state index in [4.69, 9.17) is 5.73 Å². The van der Waals surface area contributed by atoms with Crippen LogP contribution in [0.5, 0.6) is 0 Å². The third kappa shape index (κ3) is 4.33. The Hall–Kier alpha value is -0.860. The molecule has 0 saturated carbocycles. The van der Waals surface area contributed by atoms with Crippen LogP contribution in [0, 0.1) is 11.8 Å². The van der Waals surface area contributed by atoms with Crippen LogP contribution in [0.1, 0.15) is 32.4 Å². The van der Waals surface area contributed by atoms with Crippen molar-refractivity contribution in [1.29, 1.82) is 0 Å². The highest BCUT2D eigenvalue weighted by atomic mass is 14.9. The van der Waals surface area contributed by atoms with Crippen molar-refractivity contribution in [1.82, 2.24) is 5.32 Å². The Morgan fingerprint density at radius 1 is 1.06 bits per heavy atom. The van der Waals surface area contributed by atoms with E-state index in [0.717, 1.165) is 13.1 Å². The molecule has 0 spiro atoms. The third-order valence-electron chi connectivity index (χ3n) is 2.82. The van der Waals surface area contributed by atoms with Crippen LogP contribution in [0.15, 0.2) is 30.3 Å². The number of nitrogens with two attached hydrogens (primary N) is 1. The Bertz CT molecular complexity index is 282. The maximum absolute atomic E-state index is 6.22. The van der Waals surface area contributed by atoms with Gasteiger partial charge >= 0.3 is 0 Å². The van der Waals surface area contributed by atoms with Crippen molar-refractivity contribution < 1.29 is 0 Å². The van der Waals surface area contributed by atoms with Crippen LogP contribution < -0.4 is 11.1 Å². The number of nitrogens with one attached hydrogen (secondary N) is 1. The van der Waals surface area contributed by atoms with Crippen molar-refractivity contribution in [2.24, 2.45) is 17.6 Å². The normalized spacial score (nSPS) is 15.1. The van der Waals surface area contributed by atoms with Crippen LogP contribution in [-0.2, 0) is 0 Å². The molecule has 90 valence electrons. The monoisotopic (exact) mass is 220 g/mol. The molecule has 16 heavy (non-hydrogen) atoms. The summed E-state index contributed by atoms with van der Waals surface area (Å²) in [6.45, 7) is 8.68. The molecule has 0 heterocycles. The highest BCUT2D eigenvalue weighted by Gasteiger charge is 2.13. The molecule has 2 heteroatoms. The minimum Gasteiger partial charge on any atom is -0.324 e. The van der Waals surface area contributed by atoms with Crippen LogP contribution in [0.25, 0.3) is 0 Å². The van der Waals surface area contributed by atoms with Crippen molar-refractivity contribution in [3.05, 3.63) is 35.9 Å². The van der Waals surface area contributed by atoms with E-state index in [1.54, 1.807) is 0 Å². The van der Waals surface area contributed by atoms with Gasteiger partial charge in [-0.1, -0.05) is 51.1 Å². The number of benzene rings is 1. The van der Waals surface area contributed by atoms with Crippen molar-refractivity contribution in [2.75, 3.05) is 13.1 Å². The molecule has 0 aliphatic rings. The minimum atomic E-state index is 0.126. The first-order valence-electron chi connectivity index (χ1n) is 6.12. The van der Waals surface area contributed by atoms with E-state index in [1.807, 2.05) is 18.2 Å². The molecule has 0 amide bonds. The summed E-state index contributed by atoms with van der Waals surface area (Å²) in [5.41, 5.74) is 7.44. The Morgan fingerprint density at radius 2 is 1.69 bits per heavy atom. The van der Waals surface area contributed by atoms with E-state index < -0.39 is 0 Å². The Balaban J connectivity index is 2.39. The zero-order valence-corrected chi connectivity index (χ0v) is 10.6. The van der Waals surface area contributed by atoms with E-state index in [0.29, 0.717) is 11.8 Å². The van der Waals surface area contributed by atoms with Crippen molar-refractivity contribution >= 4 is 0 Å². The lowest BCUT2D eigenvalue weighted by Gasteiger charge is -2.21. The standard InChI is InChI=1S/C14H24N2/c1-11(2)9-16-10-12(3)14(15)13-7-5-4-6-8-13/h4-8,11-12,14,16H,9-10,15H2,1-3H3. The highest BCUT2D eigenvalue weighted by Crippen LogP contribution is 2.18. The molecule has 0 radical (unpaired) electrons. The van der Waals surface area contributed by atoms with Gasteiger partial charge < -0.3 is 11.1 Å². The van der Waals surface area contributed by atoms with Gasteiger partial charge in [-0.2, -0.15) is 0 Å². The van der Waals surface area contributed by atoms with Crippen LogP contribution >= 0.6 is 0 Å². The fourth-order valence-corrected chi connectivity index (χ4v) is 1.73. The molecule has 0 aliphatic carbocycles. The van der Waals surface area contributed by atoms with Gasteiger partial charge in [0.1, 0.15) is 0 Å². The number of rotatable bonds is 6. The molecule has 0 aromatic heterocycles. The molecular formula is C14H24N2. The smallest absolute Gasteiger partial charge is 0.0333 e. The zero-order chi connectivity index (χ0) is 12.0. The first-order valence-corrected chi connectivity index (χ1v) is 6.12. The summed E-state index contributed by atoms with van der Waals surface area (Å²) >= 11 is 0. The van der Waals surface area contributed by atoms with Crippen LogP contribution in [-0.4, -0.2) is 13.1 Å². The van der Waals surface area contributed by atoms with Gasteiger partial charge in [-0.25, -0.2) is 0 Å². The van der Waals surface area contributed by atoms with Crippen LogP contribution in [0.2, 0.25) is 0 Å². The molecule has 0 bridgehead atoms. The average Bonchev–Trinajstić information content (AvgIpc) is 2.28. The molecule has 0 saturated heterocycles. The van der Waals surface area contributed by atoms with E-state index in [1.165, 1.54) is 5.56 Å². The van der Waals surface area contributed by atoms with Gasteiger partial charge in [0.25, 0.3) is 0 Å². The summed E-state index contributed by atoms with van der Waals surface area (Å²) in [6, 6.07) is 10.4. The van der Waals surface area contributed by atoms with E-state index in [9.17, 15) is 0 Å². The van der Waals surface area contributed by atoms with Crippen LogP contribution in [0.4, 0.5) is 0 Å². The fourth-order valence-electron chi connectivity index (χ4n) is 1.73. The van der Waals surface area contributed by atoms with Gasteiger partial charge in [0.15, 0.2) is 0 Å². The molecular weight excluding hydrogens is 196 g/mol. The van der Waals surface area contributed by atoms with Crippen LogP contribution in [0.3, 0.4) is 0 Å². The molecule has 2 nitrogen and oxygen atoms in total. The summed E-state index contributed by atoms with van der Waals surface area (Å²) in [4.78, 5) is 0. The Morgan fingerprint density at radius 3 is 2.25 bits per heavy atom. The van der Waals surface area contributed by atoms with Gasteiger partial charge in [0.05, 0.1) is 0 Å². The lowest BCUT2D eigenvalue weighted by atomic mass is 9.95. The summed E-state index contributed by atoms with van der Waals surface area (Å²) < 4.78 is 0. The molecule has 0 aliphatic heterocycles. The highest BCUT2D eigenvalue weighted by molar-refractivity contribution is 5.19. The zero-order valence-electron chi connectivity index (χ0n) is 10.6. The van der Waals surface area contributed by atoms with E-state index >= 15 is 0 Å². The van der Waals surface area contributed by atoms with Gasteiger partial charge in [-0.3, -0.25) is 0 Å². The SMILES string of the molecule is CC(C)CNCC(C)C(N)c1ccccc1. The first kappa shape index (κ1) is 13.2. The lowest BCUT2D eigenvalue weighted by Crippen LogP contribution is -2.31. The molecule has 1 aromatic rings. The molecule has 0 fully saturated rings. The van der Waals surface area contributed by atoms with Crippen molar-refractivity contribution in [3.8, 4) is 0 Å². The Kier molecular flexibility index (Phi) is 5.50. The Labute approximate surface area is 99.2 Å². The second-order valence-corrected chi connectivity index (χ2v) is 4.97. The summed E-state index contributed by atoms with van der Waals surface area (Å²) in [5.74, 6) is 1.15. The lowest BCUT2D eigenvalue weighted by molar-refractivity contribution is 0.418. The van der Waals surface area contributed by atoms with Crippen molar-refractivity contribution in [3.63, 3.8) is 0 Å². The summed E-state index contributed by atoms with van der Waals surface area (Å²) in [6.07, 6.45) is 0. The first-order chi connectivity index (χ1) is 7.61. The van der Waals surface area contributed by atoms with Gasteiger partial charge in [0.2, 0.25) is 0 Å². The largest absolute Gasteiger partial charge is 0.324 e. The van der Waals surface area contributed by atoms with E-state index in [2.05, 4.69) is 38.2 Å². The predicted molar refractivity (Wildman–Crippen MR) is 70.2 cm³/mol. The van der Waals surface area contributed by atoms with Gasteiger partial charge in [-0.05, 0) is 30.5 Å². The molecule has 2 atom stereocenters. The van der Waals surface area contributed by atoms with Gasteiger partial charge in [0, 0.05) is 6.04 Å². The summed E-state index contributed by atoms with van der Waals surface area (Å²) in [7, 11) is 0. The average molecular weight is 220 g/mol. The van der Waals surface area contributed by atoms with Gasteiger partial charge in [-0.15, -0.1) is 0 Å². The second kappa shape index (κ2) is 6.66. The van der Waals surface area contributed by atoms with E-state index in [-0.39, 0.29) is 6.04 Å².